The molecule has 12 nitrogen and oxygen atoms in total. The molecular weight excluding hydrogens is 760 g/mol. The van der Waals surface area contributed by atoms with E-state index in [0.29, 0.717) is 61.3 Å². The van der Waals surface area contributed by atoms with E-state index in [0.717, 1.165) is 25.9 Å². The van der Waals surface area contributed by atoms with Gasteiger partial charge in [0.2, 0.25) is 23.6 Å². The first-order valence-electron chi connectivity index (χ1n) is 18.8. The predicted octanol–water partition coefficient (Wildman–Crippen LogP) is 6.69. The van der Waals surface area contributed by atoms with Gasteiger partial charge in [-0.1, -0.05) is 12.1 Å². The number of carbonyl (C=O) groups excluding carboxylic acids is 5. The monoisotopic (exact) mass is 810 g/mol. The number of carbonyl (C=O) groups is 5. The van der Waals surface area contributed by atoms with Crippen molar-refractivity contribution in [2.45, 2.75) is 115 Å². The highest BCUT2D eigenvalue weighted by Crippen LogP contribution is 2.38. The Labute approximate surface area is 330 Å². The van der Waals surface area contributed by atoms with Crippen LogP contribution in [0.1, 0.15) is 119 Å². The molecule has 2 unspecified atom stereocenters. The third-order valence-corrected chi connectivity index (χ3v) is 10.2. The number of halogens is 5. The second-order valence-corrected chi connectivity index (χ2v) is 15.4. The first kappa shape index (κ1) is 44.3. The van der Waals surface area contributed by atoms with Gasteiger partial charge in [0.1, 0.15) is 17.7 Å². The Morgan fingerprint density at radius 1 is 0.714 bits per heavy atom. The number of amides is 5. The maximum absolute atomic E-state index is 13.8. The smallest absolute Gasteiger partial charge is 0.410 e. The molecule has 0 radical (unpaired) electrons. The Morgan fingerprint density at radius 2 is 1.14 bits per heavy atom. The van der Waals surface area contributed by atoms with E-state index in [4.69, 9.17) is 4.74 Å². The van der Waals surface area contributed by atoms with Gasteiger partial charge in [-0.2, -0.15) is 0 Å². The molecule has 6 rings (SSSR count). The van der Waals surface area contributed by atoms with Crippen molar-refractivity contribution >= 4 is 53.5 Å². The van der Waals surface area contributed by atoms with Gasteiger partial charge in [0, 0.05) is 48.4 Å². The molecule has 4 saturated heterocycles. The summed E-state index contributed by atoms with van der Waals surface area (Å²) in [5, 5.41) is 13.7. The van der Waals surface area contributed by atoms with Crippen molar-refractivity contribution < 1.29 is 46.3 Å². The number of hydrogen-bond donors (Lipinski definition) is 5. The van der Waals surface area contributed by atoms with Crippen molar-refractivity contribution in [3.8, 4) is 0 Å². The lowest BCUT2D eigenvalue weighted by molar-refractivity contribution is -0.135. The number of benzene rings is 2. The van der Waals surface area contributed by atoms with E-state index in [-0.39, 0.29) is 66.1 Å². The standard InChI is InChI=1S/C22H29F2N3O4.C17H21F2N3O2.ClH/c1-22(2,3)31-21(30)27-10-8-13(9-11-27)15-5-4-14(12-16(15)19(23)24)25-17-6-7-18(28)26-20(17)29;18-16(19)13-9-11(21-14-3-4-15(23)22-17(14)24)1-2-12(13)10-5-7-20-8-6-10;/h4-5,12-13,17,19,25H,6-11H2,1-3H3,(H,26,28,29);1-2,9-10,14,16,20-21H,3-8H2,(H,22,23,24);1H. The molecule has 4 fully saturated rings. The quantitative estimate of drug-likeness (QED) is 0.145. The van der Waals surface area contributed by atoms with Crippen molar-refractivity contribution in [2.75, 3.05) is 36.8 Å². The summed E-state index contributed by atoms with van der Waals surface area (Å²) in [5.74, 6) is -1.44. The Hall–Kier alpha value is -4.44. The molecule has 0 saturated carbocycles. The highest BCUT2D eigenvalue weighted by molar-refractivity contribution is 6.02. The van der Waals surface area contributed by atoms with Gasteiger partial charge >= 0.3 is 6.09 Å². The Balaban J connectivity index is 0.000000252. The highest BCUT2D eigenvalue weighted by atomic mass is 35.5. The number of alkyl halides is 4. The summed E-state index contributed by atoms with van der Waals surface area (Å²) >= 11 is 0. The van der Waals surface area contributed by atoms with Gasteiger partial charge in [0.25, 0.3) is 12.9 Å². The second-order valence-electron chi connectivity index (χ2n) is 15.4. The lowest BCUT2D eigenvalue weighted by Crippen LogP contribution is -2.47. The highest BCUT2D eigenvalue weighted by Gasteiger charge is 2.32. The summed E-state index contributed by atoms with van der Waals surface area (Å²) in [6, 6.07) is 8.45. The number of likely N-dealkylation sites (tertiary alicyclic amines) is 1. The normalized spacial score (nSPS) is 21.1. The van der Waals surface area contributed by atoms with E-state index in [1.165, 1.54) is 12.1 Å². The Kier molecular flexibility index (Phi) is 15.5. The van der Waals surface area contributed by atoms with Crippen LogP contribution >= 0.6 is 12.4 Å². The number of ether oxygens (including phenoxy) is 1. The van der Waals surface area contributed by atoms with Crippen LogP contribution in [-0.4, -0.2) is 78.5 Å². The number of rotatable bonds is 8. The first-order valence-corrected chi connectivity index (χ1v) is 18.8. The number of anilines is 2. The second kappa shape index (κ2) is 19.6. The molecule has 2 aromatic rings. The molecule has 0 spiro atoms. The van der Waals surface area contributed by atoms with Crippen LogP contribution in [-0.2, 0) is 23.9 Å². The van der Waals surface area contributed by atoms with Gasteiger partial charge in [0.05, 0.1) is 0 Å². The minimum Gasteiger partial charge on any atom is -0.444 e. The minimum absolute atomic E-state index is 0. The molecule has 0 bridgehead atoms. The van der Waals surface area contributed by atoms with Gasteiger partial charge in [-0.15, -0.1) is 12.4 Å². The third kappa shape index (κ3) is 12.0. The largest absolute Gasteiger partial charge is 0.444 e. The maximum atomic E-state index is 13.8. The molecule has 4 aliphatic rings. The topological polar surface area (TPSA) is 158 Å². The van der Waals surface area contributed by atoms with Crippen LogP contribution in [0.15, 0.2) is 36.4 Å². The minimum atomic E-state index is -2.66. The molecule has 308 valence electrons. The molecule has 17 heteroatoms. The lowest BCUT2D eigenvalue weighted by Gasteiger charge is -2.34. The van der Waals surface area contributed by atoms with Crippen LogP contribution in [0, 0.1) is 0 Å². The average Bonchev–Trinajstić information content (AvgIpc) is 3.14. The summed E-state index contributed by atoms with van der Waals surface area (Å²) in [4.78, 5) is 60.0. The third-order valence-electron chi connectivity index (χ3n) is 10.2. The Morgan fingerprint density at radius 3 is 1.54 bits per heavy atom. The van der Waals surface area contributed by atoms with Crippen molar-refractivity contribution in [3.63, 3.8) is 0 Å². The van der Waals surface area contributed by atoms with Crippen molar-refractivity contribution in [3.05, 3.63) is 58.7 Å². The van der Waals surface area contributed by atoms with Crippen molar-refractivity contribution in [2.24, 2.45) is 0 Å². The zero-order chi connectivity index (χ0) is 39.9. The molecule has 0 aromatic heterocycles. The zero-order valence-corrected chi connectivity index (χ0v) is 32.5. The van der Waals surface area contributed by atoms with Crippen LogP contribution in [0.2, 0.25) is 0 Å². The molecule has 2 aromatic carbocycles. The van der Waals surface area contributed by atoms with E-state index in [1.54, 1.807) is 49.9 Å². The molecule has 0 aliphatic carbocycles. The van der Waals surface area contributed by atoms with Crippen LogP contribution in [0.5, 0.6) is 0 Å². The number of hydrogen-bond acceptors (Lipinski definition) is 9. The van der Waals surface area contributed by atoms with E-state index >= 15 is 0 Å². The van der Waals surface area contributed by atoms with Crippen LogP contribution < -0.4 is 26.6 Å². The van der Waals surface area contributed by atoms with Crippen molar-refractivity contribution in [1.29, 1.82) is 0 Å². The molecule has 2 atom stereocenters. The first-order chi connectivity index (χ1) is 26.1. The predicted molar refractivity (Wildman–Crippen MR) is 204 cm³/mol. The summed E-state index contributed by atoms with van der Waals surface area (Å²) in [7, 11) is 0. The maximum Gasteiger partial charge on any atom is 0.410 e. The molecule has 4 heterocycles. The number of piperidine rings is 4. The SMILES string of the molecule is CC(C)(C)OC(=O)N1CCC(c2ccc(NC3CCC(=O)NC3=O)cc2C(F)F)CC1.Cl.O=C1CCC(Nc2ccc(C3CCNCC3)c(C(F)F)c2)C(=O)N1. The lowest BCUT2D eigenvalue weighted by atomic mass is 9.86. The van der Waals surface area contributed by atoms with E-state index in [9.17, 15) is 41.5 Å². The zero-order valence-electron chi connectivity index (χ0n) is 31.7. The summed E-state index contributed by atoms with van der Waals surface area (Å²) < 4.78 is 60.0. The van der Waals surface area contributed by atoms with E-state index in [2.05, 4.69) is 26.6 Å². The molecule has 5 N–H and O–H groups in total. The summed E-state index contributed by atoms with van der Waals surface area (Å²) in [5.41, 5.74) is 1.53. The van der Waals surface area contributed by atoms with Gasteiger partial charge in [-0.05, 0) is 120 Å². The fourth-order valence-corrected chi connectivity index (χ4v) is 7.35. The fraction of sp³-hybridized carbons (Fsp3) is 0.564. The Bertz CT molecular complexity index is 1730. The molecular formula is C39H51ClF4N6O6. The fourth-order valence-electron chi connectivity index (χ4n) is 7.35. The van der Waals surface area contributed by atoms with Crippen LogP contribution in [0.3, 0.4) is 0 Å². The van der Waals surface area contributed by atoms with Gasteiger partial charge < -0.3 is 25.6 Å². The van der Waals surface area contributed by atoms with E-state index < -0.39 is 42.3 Å². The molecule has 5 amide bonds. The number of imide groups is 2. The average molecular weight is 811 g/mol. The van der Waals surface area contributed by atoms with Gasteiger partial charge in [-0.3, -0.25) is 29.8 Å². The molecule has 56 heavy (non-hydrogen) atoms. The van der Waals surface area contributed by atoms with Crippen molar-refractivity contribution in [1.82, 2.24) is 20.9 Å². The molecule has 4 aliphatic heterocycles. The van der Waals surface area contributed by atoms with Crippen LogP contribution in [0.4, 0.5) is 33.7 Å². The van der Waals surface area contributed by atoms with Gasteiger partial charge in [0.15, 0.2) is 0 Å². The summed E-state index contributed by atoms with van der Waals surface area (Å²) in [6.45, 7) is 7.97. The van der Waals surface area contributed by atoms with E-state index in [1.807, 2.05) is 0 Å². The number of nitrogens with one attached hydrogen (secondary N) is 5. The number of nitrogens with zero attached hydrogens (tertiary/aromatic N) is 1. The van der Waals surface area contributed by atoms with Crippen LogP contribution in [0.25, 0.3) is 0 Å². The van der Waals surface area contributed by atoms with Gasteiger partial charge in [-0.25, -0.2) is 22.4 Å². The summed E-state index contributed by atoms with van der Waals surface area (Å²) in [6.07, 6.45) is -1.64.